The van der Waals surface area contributed by atoms with Gasteiger partial charge < -0.3 is 10.6 Å². The molecular weight excluding hydrogens is 143 g/mol. The maximum Gasteiger partial charge on any atom is 1.00 e. The van der Waals surface area contributed by atoms with Crippen molar-refractivity contribution >= 4 is 17.4 Å². The minimum Gasteiger partial charge on any atom is -0.753 e. The van der Waals surface area contributed by atoms with E-state index in [0.29, 0.717) is 0 Å². The fraction of sp³-hybridized carbons (Fsp3) is 0. The Bertz CT molecular complexity index is 85.3. The summed E-state index contributed by atoms with van der Waals surface area (Å²) in [4.78, 5) is 8.36. The fourth-order valence-corrected chi connectivity index (χ4v) is 0. The van der Waals surface area contributed by atoms with Gasteiger partial charge >= 0.3 is 29.6 Å². The molecule has 0 fully saturated rings. The van der Waals surface area contributed by atoms with Gasteiger partial charge in [-0.1, -0.05) is 12.2 Å². The van der Waals surface area contributed by atoms with Crippen LogP contribution in [0.15, 0.2) is 0 Å². The van der Waals surface area contributed by atoms with Crippen molar-refractivity contribution in [3.63, 3.8) is 0 Å². The summed E-state index contributed by atoms with van der Waals surface area (Å²) in [5.41, 5.74) is 0. The second-order valence-corrected chi connectivity index (χ2v) is 0.512. The SMILES string of the molecule is O=[N+]([O-])O.[N-]=C=S.[Na+]. The maximum absolute atomic E-state index is 8.36. The zero-order valence-corrected chi connectivity index (χ0v) is 6.88. The molecule has 0 rings (SSSR count). The van der Waals surface area contributed by atoms with Gasteiger partial charge in [0.05, 0.1) is 0 Å². The van der Waals surface area contributed by atoms with E-state index in [2.05, 4.69) is 12.2 Å². The molecule has 5 nitrogen and oxygen atoms in total. The van der Waals surface area contributed by atoms with Gasteiger partial charge in [-0.2, -0.15) is 5.16 Å². The van der Waals surface area contributed by atoms with Gasteiger partial charge in [-0.25, -0.2) is 0 Å². The Morgan fingerprint density at radius 1 is 1.88 bits per heavy atom. The first kappa shape index (κ1) is 15.7. The van der Waals surface area contributed by atoms with Crippen LogP contribution in [0, 0.1) is 10.1 Å². The summed E-state index contributed by atoms with van der Waals surface area (Å²) in [6.45, 7) is 0. The monoisotopic (exact) mass is 144 g/mol. The molecule has 0 radical (unpaired) electrons. The van der Waals surface area contributed by atoms with E-state index in [-0.39, 0.29) is 29.6 Å². The molecule has 0 heterocycles. The van der Waals surface area contributed by atoms with Gasteiger partial charge in [-0.05, 0) is 0 Å². The van der Waals surface area contributed by atoms with Crippen molar-refractivity contribution in [2.45, 2.75) is 0 Å². The zero-order valence-electron chi connectivity index (χ0n) is 4.07. The number of nitrogens with zero attached hydrogens (tertiary/aromatic N) is 2. The quantitative estimate of drug-likeness (QED) is 0.132. The normalized spacial score (nSPS) is 4.00. The van der Waals surface area contributed by atoms with Crippen LogP contribution in [-0.4, -0.2) is 15.5 Å². The number of rotatable bonds is 0. The second kappa shape index (κ2) is 15.8. The number of thiocarbonyl (C=S) groups is 1. The number of hydrogen-bond acceptors (Lipinski definition) is 3. The molecule has 0 bridgehead atoms. The number of hydrogen-bond donors (Lipinski definition) is 1. The van der Waals surface area contributed by atoms with E-state index >= 15 is 0 Å². The Labute approximate surface area is 72.6 Å². The van der Waals surface area contributed by atoms with Crippen LogP contribution in [0.1, 0.15) is 0 Å². The Balaban J connectivity index is -0.0000000575. The molecule has 0 atom stereocenters. The first-order valence-electron chi connectivity index (χ1n) is 0.993. The van der Waals surface area contributed by atoms with Crippen molar-refractivity contribution in [3.05, 3.63) is 15.5 Å². The van der Waals surface area contributed by atoms with Crippen LogP contribution in [-0.2, 0) is 0 Å². The van der Waals surface area contributed by atoms with Crippen LogP contribution < -0.4 is 29.6 Å². The largest absolute Gasteiger partial charge is 1.00 e. The van der Waals surface area contributed by atoms with Crippen LogP contribution in [0.3, 0.4) is 0 Å². The number of isothiocyanates is 1. The topological polar surface area (TPSA) is 85.7 Å². The predicted octanol–water partition coefficient (Wildman–Crippen LogP) is -2.69. The molecule has 0 saturated heterocycles. The van der Waals surface area contributed by atoms with E-state index in [1.165, 1.54) is 5.16 Å². The van der Waals surface area contributed by atoms with Gasteiger partial charge in [0.25, 0.3) is 5.09 Å². The maximum atomic E-state index is 8.36. The average molecular weight is 144 g/mol. The third-order valence-electron chi connectivity index (χ3n) is 0. The van der Waals surface area contributed by atoms with Crippen LogP contribution in [0.2, 0.25) is 0 Å². The standard InChI is InChI=1S/CNS.HNO3.Na/c2-1-3;2-1(3)4;/h;(H,2,3,4);/q-1;;+1. The van der Waals surface area contributed by atoms with E-state index in [1.54, 1.807) is 0 Å². The van der Waals surface area contributed by atoms with E-state index in [4.69, 9.17) is 20.7 Å². The Kier molecular flexibility index (Phi) is 30.9. The summed E-state index contributed by atoms with van der Waals surface area (Å²) >= 11 is 3.70. The molecule has 40 valence electrons. The third-order valence-corrected chi connectivity index (χ3v) is 0. The van der Waals surface area contributed by atoms with Gasteiger partial charge in [0.2, 0.25) is 0 Å². The van der Waals surface area contributed by atoms with E-state index in [9.17, 15) is 0 Å². The first-order valence-corrected chi connectivity index (χ1v) is 1.40. The van der Waals surface area contributed by atoms with E-state index < -0.39 is 5.09 Å². The van der Waals surface area contributed by atoms with Crippen LogP contribution in [0.4, 0.5) is 0 Å². The fourth-order valence-electron chi connectivity index (χ4n) is 0. The van der Waals surface area contributed by atoms with Gasteiger partial charge in [0.15, 0.2) is 0 Å². The van der Waals surface area contributed by atoms with Crippen LogP contribution >= 0.6 is 12.2 Å². The third kappa shape index (κ3) is 0. The molecule has 0 amide bonds. The summed E-state index contributed by atoms with van der Waals surface area (Å²) in [7, 11) is 0. The molecule has 0 aliphatic carbocycles. The predicted molar refractivity (Wildman–Crippen MR) is 24.7 cm³/mol. The molecule has 0 aliphatic heterocycles. The molecule has 1 N–H and O–H groups in total. The summed E-state index contributed by atoms with van der Waals surface area (Å²) in [6.07, 6.45) is 0. The average Bonchev–Trinajstić information content (AvgIpc) is 1.33. The molecule has 0 aromatic rings. The molecule has 0 aromatic carbocycles. The van der Waals surface area contributed by atoms with Crippen molar-refractivity contribution in [2.24, 2.45) is 0 Å². The molecule has 0 aliphatic rings. The molecule has 0 unspecified atom stereocenters. The smallest absolute Gasteiger partial charge is 0.753 e. The van der Waals surface area contributed by atoms with Gasteiger partial charge in [-0.15, -0.1) is 10.1 Å². The summed E-state index contributed by atoms with van der Waals surface area (Å²) < 4.78 is 0. The summed E-state index contributed by atoms with van der Waals surface area (Å²) in [6, 6.07) is 0. The van der Waals surface area contributed by atoms with Crippen molar-refractivity contribution in [3.8, 4) is 0 Å². The first-order chi connectivity index (χ1) is 3.15. The second-order valence-electron chi connectivity index (χ2n) is 0.329. The minimum atomic E-state index is -1.50. The zero-order chi connectivity index (χ0) is 6.28. The molecule has 8 heavy (non-hydrogen) atoms. The summed E-state index contributed by atoms with van der Waals surface area (Å²) in [5.74, 6) is 0. The summed E-state index contributed by atoms with van der Waals surface area (Å²) in [5, 5.41) is 22.1. The van der Waals surface area contributed by atoms with Gasteiger partial charge in [-0.3, -0.25) is 0 Å². The minimum absolute atomic E-state index is 0. The van der Waals surface area contributed by atoms with Gasteiger partial charge in [0, 0.05) is 0 Å². The molecular formula is CHN2NaO3S. The van der Waals surface area contributed by atoms with Crippen molar-refractivity contribution in [1.29, 1.82) is 0 Å². The van der Waals surface area contributed by atoms with Crippen molar-refractivity contribution < 1.29 is 39.9 Å². The molecule has 7 heteroatoms. The van der Waals surface area contributed by atoms with Crippen molar-refractivity contribution in [2.75, 3.05) is 0 Å². The van der Waals surface area contributed by atoms with E-state index in [1.807, 2.05) is 0 Å². The molecule has 0 spiro atoms. The molecule has 0 saturated carbocycles. The van der Waals surface area contributed by atoms with Crippen LogP contribution in [0.5, 0.6) is 0 Å². The van der Waals surface area contributed by atoms with E-state index in [0.717, 1.165) is 0 Å². The van der Waals surface area contributed by atoms with Gasteiger partial charge in [0.1, 0.15) is 0 Å². The Morgan fingerprint density at radius 3 is 1.88 bits per heavy atom. The Hall–Kier alpha value is 0. The molecule has 0 aromatic heterocycles. The van der Waals surface area contributed by atoms with Crippen molar-refractivity contribution in [1.82, 2.24) is 0 Å². The van der Waals surface area contributed by atoms with Crippen LogP contribution in [0.25, 0.3) is 5.41 Å². The Morgan fingerprint density at radius 2 is 1.88 bits per heavy atom.